The van der Waals surface area contributed by atoms with Crippen LogP contribution in [-0.4, -0.2) is 51.7 Å². The first-order chi connectivity index (χ1) is 17.2. The number of nitrogens with zero attached hydrogens (tertiary/aromatic N) is 7. The molecule has 1 aliphatic heterocycles. The first-order valence-electron chi connectivity index (χ1n) is 11.3. The highest BCUT2D eigenvalue weighted by Crippen LogP contribution is 2.38. The summed E-state index contributed by atoms with van der Waals surface area (Å²) in [5, 5.41) is 9.61. The number of rotatable bonds is 3. The largest absolute Gasteiger partial charge is 0.348 e. The Morgan fingerprint density at radius 2 is 2.00 bits per heavy atom. The number of aromatic amines is 1. The summed E-state index contributed by atoms with van der Waals surface area (Å²) in [6.07, 6.45) is 9.76. The van der Waals surface area contributed by atoms with Crippen LogP contribution in [0.3, 0.4) is 0 Å². The molecule has 1 aliphatic rings. The number of para-hydroxylation sites is 1. The van der Waals surface area contributed by atoms with Gasteiger partial charge in [0.05, 0.1) is 45.7 Å². The minimum Gasteiger partial charge on any atom is -0.348 e. The Hall–Kier alpha value is -4.31. The Morgan fingerprint density at radius 3 is 2.86 bits per heavy atom. The van der Waals surface area contributed by atoms with Crippen LogP contribution in [0.15, 0.2) is 67.5 Å². The third-order valence-electron chi connectivity index (χ3n) is 6.51. The number of aromatic nitrogens is 7. The number of imidazole rings is 1. The molecule has 1 N–H and O–H groups in total. The molecule has 6 aromatic rings. The quantitative estimate of drug-likeness (QED) is 0.415. The number of amides is 1. The summed E-state index contributed by atoms with van der Waals surface area (Å²) in [4.78, 5) is 28.6. The standard InChI is InChI=1S/C25H20N8OS/c1-31-12-16(10-28-31)15-6-7-20-17(11-29-33(20)13-15)25(34)32-9-8-19-22(27-14-26-19)23(32)24-30-18-4-2-3-5-21(18)35-24/h2-7,10-14,23H,8-9H2,1H3,(H,26,27)/t23-/m0/s1. The fraction of sp³-hybridized carbons (Fsp3) is 0.160. The van der Waals surface area contributed by atoms with E-state index in [9.17, 15) is 4.79 Å². The van der Waals surface area contributed by atoms with Gasteiger partial charge in [-0.15, -0.1) is 11.3 Å². The third kappa shape index (κ3) is 3.17. The van der Waals surface area contributed by atoms with E-state index in [0.29, 0.717) is 18.5 Å². The van der Waals surface area contributed by atoms with E-state index in [2.05, 4.69) is 26.2 Å². The number of hydrogen-bond acceptors (Lipinski definition) is 6. The summed E-state index contributed by atoms with van der Waals surface area (Å²) in [5.74, 6) is -0.0768. The molecule has 0 aliphatic carbocycles. The predicted octanol–water partition coefficient (Wildman–Crippen LogP) is 3.86. The molecular weight excluding hydrogens is 460 g/mol. The molecule has 0 saturated heterocycles. The van der Waals surface area contributed by atoms with E-state index >= 15 is 0 Å². The molecule has 172 valence electrons. The highest BCUT2D eigenvalue weighted by Gasteiger charge is 2.37. The van der Waals surface area contributed by atoms with Gasteiger partial charge in [-0.25, -0.2) is 14.5 Å². The van der Waals surface area contributed by atoms with Gasteiger partial charge in [-0.3, -0.25) is 9.48 Å². The summed E-state index contributed by atoms with van der Waals surface area (Å²) < 4.78 is 4.61. The normalized spacial score (nSPS) is 15.7. The minimum absolute atomic E-state index is 0.0768. The second-order valence-corrected chi connectivity index (χ2v) is 9.71. The van der Waals surface area contributed by atoms with Crippen molar-refractivity contribution in [3.63, 3.8) is 0 Å². The van der Waals surface area contributed by atoms with Crippen molar-refractivity contribution in [3.05, 3.63) is 89.5 Å². The van der Waals surface area contributed by atoms with Crippen molar-refractivity contribution in [1.82, 2.24) is 39.2 Å². The highest BCUT2D eigenvalue weighted by atomic mass is 32.1. The fourth-order valence-electron chi connectivity index (χ4n) is 4.80. The molecule has 1 aromatic carbocycles. The molecule has 0 unspecified atom stereocenters. The molecule has 5 aromatic heterocycles. The maximum atomic E-state index is 14.0. The van der Waals surface area contributed by atoms with Crippen molar-refractivity contribution in [3.8, 4) is 11.1 Å². The molecule has 0 saturated carbocycles. The summed E-state index contributed by atoms with van der Waals surface area (Å²) in [6, 6.07) is 11.6. The topological polar surface area (TPSA) is 97.0 Å². The fourth-order valence-corrected chi connectivity index (χ4v) is 5.88. The minimum atomic E-state index is -0.348. The number of nitrogens with one attached hydrogen (secondary N) is 1. The lowest BCUT2D eigenvalue weighted by molar-refractivity contribution is 0.0692. The van der Waals surface area contributed by atoms with Gasteiger partial charge in [-0.05, 0) is 18.2 Å². The zero-order valence-corrected chi connectivity index (χ0v) is 19.6. The van der Waals surface area contributed by atoms with Crippen molar-refractivity contribution in [2.24, 2.45) is 7.05 Å². The van der Waals surface area contributed by atoms with Crippen molar-refractivity contribution in [2.75, 3.05) is 6.54 Å². The summed E-state index contributed by atoms with van der Waals surface area (Å²) in [6.45, 7) is 0.569. The van der Waals surface area contributed by atoms with E-state index in [1.165, 1.54) is 0 Å². The van der Waals surface area contributed by atoms with Gasteiger partial charge in [-0.2, -0.15) is 10.2 Å². The van der Waals surface area contributed by atoms with Crippen LogP contribution < -0.4 is 0 Å². The smallest absolute Gasteiger partial charge is 0.258 e. The van der Waals surface area contributed by atoms with E-state index in [1.807, 2.05) is 60.9 Å². The van der Waals surface area contributed by atoms with E-state index in [4.69, 9.17) is 4.98 Å². The molecule has 10 heteroatoms. The Kier molecular flexibility index (Phi) is 4.37. The van der Waals surface area contributed by atoms with Gasteiger partial charge in [0.25, 0.3) is 5.91 Å². The maximum Gasteiger partial charge on any atom is 0.258 e. The van der Waals surface area contributed by atoms with Crippen LogP contribution in [0, 0.1) is 0 Å². The second kappa shape index (κ2) is 7.60. The van der Waals surface area contributed by atoms with Gasteiger partial charge in [0.2, 0.25) is 0 Å². The van der Waals surface area contributed by atoms with Gasteiger partial charge in [0.1, 0.15) is 11.0 Å². The first-order valence-corrected chi connectivity index (χ1v) is 12.1. The van der Waals surface area contributed by atoms with Crippen molar-refractivity contribution >= 4 is 33.0 Å². The molecule has 0 radical (unpaired) electrons. The van der Waals surface area contributed by atoms with E-state index in [-0.39, 0.29) is 11.9 Å². The van der Waals surface area contributed by atoms with Gasteiger partial charge in [0, 0.05) is 49.2 Å². The van der Waals surface area contributed by atoms with Crippen molar-refractivity contribution in [1.29, 1.82) is 0 Å². The molecular formula is C25H20N8OS. The van der Waals surface area contributed by atoms with Crippen molar-refractivity contribution < 1.29 is 4.79 Å². The zero-order valence-electron chi connectivity index (χ0n) is 18.8. The van der Waals surface area contributed by atoms with Crippen LogP contribution >= 0.6 is 11.3 Å². The van der Waals surface area contributed by atoms with Gasteiger partial charge < -0.3 is 9.88 Å². The number of aryl methyl sites for hydroxylation is 1. The van der Waals surface area contributed by atoms with E-state index in [0.717, 1.165) is 43.3 Å². The van der Waals surface area contributed by atoms with Crippen LogP contribution in [0.1, 0.15) is 32.8 Å². The highest BCUT2D eigenvalue weighted by molar-refractivity contribution is 7.18. The second-order valence-electron chi connectivity index (χ2n) is 8.65. The number of H-pyrrole nitrogens is 1. The monoisotopic (exact) mass is 480 g/mol. The molecule has 1 atom stereocenters. The van der Waals surface area contributed by atoms with Crippen LogP contribution in [-0.2, 0) is 13.5 Å². The van der Waals surface area contributed by atoms with Crippen molar-refractivity contribution in [2.45, 2.75) is 12.5 Å². The van der Waals surface area contributed by atoms with Gasteiger partial charge in [-0.1, -0.05) is 18.2 Å². The predicted molar refractivity (Wildman–Crippen MR) is 132 cm³/mol. The lowest BCUT2D eigenvalue weighted by atomic mass is 10.0. The summed E-state index contributed by atoms with van der Waals surface area (Å²) >= 11 is 1.61. The van der Waals surface area contributed by atoms with Crippen LogP contribution in [0.2, 0.25) is 0 Å². The Bertz CT molecular complexity index is 1690. The van der Waals surface area contributed by atoms with Crippen LogP contribution in [0.5, 0.6) is 0 Å². The molecule has 9 nitrogen and oxygen atoms in total. The van der Waals surface area contributed by atoms with Crippen LogP contribution in [0.4, 0.5) is 0 Å². The number of fused-ring (bicyclic) bond motifs is 3. The number of benzene rings is 1. The molecule has 7 rings (SSSR count). The maximum absolute atomic E-state index is 14.0. The number of pyridine rings is 1. The van der Waals surface area contributed by atoms with E-state index < -0.39 is 0 Å². The zero-order chi connectivity index (χ0) is 23.5. The van der Waals surface area contributed by atoms with Crippen LogP contribution in [0.25, 0.3) is 26.9 Å². The van der Waals surface area contributed by atoms with Gasteiger partial charge >= 0.3 is 0 Å². The Morgan fingerprint density at radius 1 is 1.09 bits per heavy atom. The average Bonchev–Trinajstić information content (AvgIpc) is 3.67. The number of thiazole rings is 1. The SMILES string of the molecule is Cn1cc(-c2ccc3c(C(=O)N4CCc5[nH]cnc5[C@H]4c4nc5ccccc5s4)cnn3c2)cn1. The summed E-state index contributed by atoms with van der Waals surface area (Å²) in [5.41, 5.74) is 6.15. The van der Waals surface area contributed by atoms with E-state index in [1.54, 1.807) is 33.1 Å². The molecule has 35 heavy (non-hydrogen) atoms. The number of hydrogen-bond donors (Lipinski definition) is 1. The third-order valence-corrected chi connectivity index (χ3v) is 7.60. The number of carbonyl (C=O) groups excluding carboxylic acids is 1. The molecule has 0 spiro atoms. The number of carbonyl (C=O) groups is 1. The lowest BCUT2D eigenvalue weighted by Crippen LogP contribution is -2.40. The molecule has 6 heterocycles. The van der Waals surface area contributed by atoms with Gasteiger partial charge in [0.15, 0.2) is 0 Å². The first kappa shape index (κ1) is 20.1. The molecule has 0 bridgehead atoms. The molecule has 1 amide bonds. The Balaban J connectivity index is 1.30. The lowest BCUT2D eigenvalue weighted by Gasteiger charge is -2.33. The Labute approximate surface area is 203 Å². The molecule has 0 fully saturated rings. The summed E-state index contributed by atoms with van der Waals surface area (Å²) in [7, 11) is 1.89. The average molecular weight is 481 g/mol.